The van der Waals surface area contributed by atoms with Crippen molar-refractivity contribution in [3.63, 3.8) is 0 Å². The van der Waals surface area contributed by atoms with Crippen molar-refractivity contribution in [3.05, 3.63) is 69.7 Å². The molecule has 0 aliphatic carbocycles. The van der Waals surface area contributed by atoms with Gasteiger partial charge in [0.05, 0.1) is 13.2 Å². The van der Waals surface area contributed by atoms with Gasteiger partial charge < -0.3 is 10.2 Å². The maximum Gasteiger partial charge on any atom is 0.0553 e. The van der Waals surface area contributed by atoms with Crippen molar-refractivity contribution < 1.29 is 10.2 Å². The van der Waals surface area contributed by atoms with Gasteiger partial charge in [0.1, 0.15) is 0 Å². The van der Waals surface area contributed by atoms with Crippen molar-refractivity contribution in [2.75, 3.05) is 13.2 Å². The Balaban J connectivity index is 2.39. The lowest BCUT2D eigenvalue weighted by molar-refractivity contribution is 0.116. The van der Waals surface area contributed by atoms with E-state index in [9.17, 15) is 10.2 Å². The third-order valence-corrected chi connectivity index (χ3v) is 4.16. The van der Waals surface area contributed by atoms with Crippen molar-refractivity contribution >= 4 is 15.9 Å². The lowest BCUT2D eigenvalue weighted by Gasteiger charge is -2.31. The Morgan fingerprint density at radius 1 is 1.00 bits per heavy atom. The molecule has 0 unspecified atom stereocenters. The number of benzene rings is 2. The summed E-state index contributed by atoms with van der Waals surface area (Å²) in [6, 6.07) is 16.0. The van der Waals surface area contributed by atoms with Gasteiger partial charge in [0.15, 0.2) is 0 Å². The zero-order valence-corrected chi connectivity index (χ0v) is 13.1. The van der Waals surface area contributed by atoms with Crippen molar-refractivity contribution in [1.29, 1.82) is 0 Å². The van der Waals surface area contributed by atoms with E-state index >= 15 is 0 Å². The Kier molecular flexibility index (Phi) is 4.97. The Morgan fingerprint density at radius 3 is 2.30 bits per heavy atom. The van der Waals surface area contributed by atoms with Gasteiger partial charge in [-0.3, -0.25) is 0 Å². The van der Waals surface area contributed by atoms with Gasteiger partial charge >= 0.3 is 0 Å². The van der Waals surface area contributed by atoms with Crippen molar-refractivity contribution in [3.8, 4) is 0 Å². The molecule has 2 aromatic rings. The second-order valence-corrected chi connectivity index (χ2v) is 6.19. The molecule has 0 heterocycles. The largest absolute Gasteiger partial charge is 0.395 e. The average molecular weight is 335 g/mol. The molecule has 0 spiro atoms. The molecule has 2 rings (SSSR count). The summed E-state index contributed by atoms with van der Waals surface area (Å²) in [5.41, 5.74) is 2.59. The van der Waals surface area contributed by atoms with Gasteiger partial charge in [-0.1, -0.05) is 57.9 Å². The number of halogens is 1. The minimum Gasteiger partial charge on any atom is -0.395 e. The number of hydrogen-bond acceptors (Lipinski definition) is 2. The molecule has 0 atom stereocenters. The van der Waals surface area contributed by atoms with Crippen LogP contribution in [0.4, 0.5) is 0 Å². The molecule has 2 N–H and O–H groups in total. The molecular weight excluding hydrogens is 316 g/mol. The van der Waals surface area contributed by atoms with E-state index in [0.717, 1.165) is 15.6 Å². The van der Waals surface area contributed by atoms with Gasteiger partial charge in [0, 0.05) is 9.89 Å². The van der Waals surface area contributed by atoms with E-state index < -0.39 is 5.41 Å². The van der Waals surface area contributed by atoms with Crippen LogP contribution in [-0.2, 0) is 11.8 Å². The fourth-order valence-corrected chi connectivity index (χ4v) is 2.88. The molecule has 0 aromatic heterocycles. The van der Waals surface area contributed by atoms with Crippen LogP contribution in [0.25, 0.3) is 0 Å². The second kappa shape index (κ2) is 6.53. The number of aliphatic hydroxyl groups is 2. The highest BCUT2D eigenvalue weighted by Gasteiger charge is 2.31. The highest BCUT2D eigenvalue weighted by molar-refractivity contribution is 9.10. The number of hydrogen-bond donors (Lipinski definition) is 2. The van der Waals surface area contributed by atoms with Gasteiger partial charge in [-0.05, 0) is 36.6 Å². The molecule has 2 nitrogen and oxygen atoms in total. The van der Waals surface area contributed by atoms with Gasteiger partial charge in [-0.25, -0.2) is 0 Å². The average Bonchev–Trinajstić information content (AvgIpc) is 2.45. The van der Waals surface area contributed by atoms with Crippen LogP contribution in [0.1, 0.15) is 16.7 Å². The highest BCUT2D eigenvalue weighted by Crippen LogP contribution is 2.30. The molecule has 106 valence electrons. The molecule has 3 heteroatoms. The summed E-state index contributed by atoms with van der Waals surface area (Å²) < 4.78 is 0.950. The summed E-state index contributed by atoms with van der Waals surface area (Å²) >= 11 is 3.45. The molecule has 0 saturated carbocycles. The van der Waals surface area contributed by atoms with E-state index in [4.69, 9.17) is 0 Å². The summed E-state index contributed by atoms with van der Waals surface area (Å²) in [5.74, 6) is 0. The van der Waals surface area contributed by atoms with Crippen LogP contribution in [-0.4, -0.2) is 23.4 Å². The van der Waals surface area contributed by atoms with Gasteiger partial charge in [-0.15, -0.1) is 0 Å². The van der Waals surface area contributed by atoms with Gasteiger partial charge in [0.25, 0.3) is 0 Å². The zero-order valence-electron chi connectivity index (χ0n) is 11.5. The maximum atomic E-state index is 9.88. The van der Waals surface area contributed by atoms with Crippen LogP contribution >= 0.6 is 15.9 Å². The molecule has 0 amide bonds. The fourth-order valence-electron chi connectivity index (χ4n) is 2.48. The van der Waals surface area contributed by atoms with E-state index in [0.29, 0.717) is 6.42 Å². The van der Waals surface area contributed by atoms with E-state index in [1.807, 2.05) is 49.4 Å². The molecule has 20 heavy (non-hydrogen) atoms. The molecule has 0 aliphatic heterocycles. The molecule has 0 fully saturated rings. The predicted octanol–water partition coefficient (Wildman–Crippen LogP) is 3.22. The normalized spacial score (nSPS) is 11.6. The number of rotatable bonds is 5. The molecule has 2 aromatic carbocycles. The minimum absolute atomic E-state index is 0.0894. The van der Waals surface area contributed by atoms with E-state index in [1.54, 1.807) is 0 Å². The number of aliphatic hydroxyl groups excluding tert-OH is 2. The molecule has 0 radical (unpaired) electrons. The maximum absolute atomic E-state index is 9.88. The molecule has 0 bridgehead atoms. The van der Waals surface area contributed by atoms with Gasteiger partial charge in [0.2, 0.25) is 0 Å². The second-order valence-electron chi connectivity index (χ2n) is 5.27. The quantitative estimate of drug-likeness (QED) is 0.881. The first-order chi connectivity index (χ1) is 9.59. The van der Waals surface area contributed by atoms with Crippen LogP contribution in [0.5, 0.6) is 0 Å². The van der Waals surface area contributed by atoms with E-state index in [-0.39, 0.29) is 13.2 Å². The Hall–Kier alpha value is -1.16. The molecule has 0 saturated heterocycles. The molecular formula is C17H19BrO2. The Morgan fingerprint density at radius 2 is 1.70 bits per heavy atom. The molecule has 0 aliphatic rings. The van der Waals surface area contributed by atoms with Crippen LogP contribution < -0.4 is 0 Å². The summed E-state index contributed by atoms with van der Waals surface area (Å²) in [5, 5.41) is 19.8. The summed E-state index contributed by atoms with van der Waals surface area (Å²) in [4.78, 5) is 0. The number of aryl methyl sites for hydroxylation is 1. The summed E-state index contributed by atoms with van der Waals surface area (Å²) in [7, 11) is 0. The van der Waals surface area contributed by atoms with Crippen LogP contribution in [0.3, 0.4) is 0 Å². The summed E-state index contributed by atoms with van der Waals surface area (Å²) in [6.45, 7) is 1.87. The lowest BCUT2D eigenvalue weighted by Crippen LogP contribution is -2.37. The highest BCUT2D eigenvalue weighted by atomic mass is 79.9. The zero-order chi connectivity index (χ0) is 14.6. The van der Waals surface area contributed by atoms with Crippen LogP contribution in [0.2, 0.25) is 0 Å². The monoisotopic (exact) mass is 334 g/mol. The van der Waals surface area contributed by atoms with E-state index in [1.165, 1.54) is 5.56 Å². The van der Waals surface area contributed by atoms with Gasteiger partial charge in [-0.2, -0.15) is 0 Å². The Bertz CT molecular complexity index is 577. The van der Waals surface area contributed by atoms with Crippen molar-refractivity contribution in [1.82, 2.24) is 0 Å². The standard InChI is InChI=1S/C17H19BrO2/c1-13-4-2-5-14(8-13)10-17(11-19,12-20)15-6-3-7-16(18)9-15/h2-9,19-20H,10-12H2,1H3. The third kappa shape index (κ3) is 3.29. The first-order valence-corrected chi connectivity index (χ1v) is 7.42. The first-order valence-electron chi connectivity index (χ1n) is 6.63. The summed E-state index contributed by atoms with van der Waals surface area (Å²) in [6.07, 6.45) is 0.609. The fraction of sp³-hybridized carbons (Fsp3) is 0.294. The van der Waals surface area contributed by atoms with Crippen molar-refractivity contribution in [2.24, 2.45) is 0 Å². The first kappa shape index (κ1) is 15.2. The third-order valence-electron chi connectivity index (χ3n) is 3.67. The van der Waals surface area contributed by atoms with Crippen LogP contribution in [0.15, 0.2) is 53.0 Å². The van der Waals surface area contributed by atoms with Crippen LogP contribution in [0, 0.1) is 6.92 Å². The van der Waals surface area contributed by atoms with E-state index in [2.05, 4.69) is 22.0 Å². The topological polar surface area (TPSA) is 40.5 Å². The smallest absolute Gasteiger partial charge is 0.0553 e. The Labute approximate surface area is 128 Å². The lowest BCUT2D eigenvalue weighted by atomic mass is 9.76. The SMILES string of the molecule is Cc1cccc(CC(CO)(CO)c2cccc(Br)c2)c1. The predicted molar refractivity (Wildman–Crippen MR) is 84.9 cm³/mol. The van der Waals surface area contributed by atoms with Crippen molar-refractivity contribution in [2.45, 2.75) is 18.8 Å². The minimum atomic E-state index is -0.655.